The molecule has 0 aromatic carbocycles. The molecule has 3 rings (SSSR count). The Labute approximate surface area is 206 Å². The van der Waals surface area contributed by atoms with Gasteiger partial charge < -0.3 is 9.47 Å². The van der Waals surface area contributed by atoms with Crippen LogP contribution in [0.25, 0.3) is 22.3 Å². The third kappa shape index (κ3) is 5.90. The summed E-state index contributed by atoms with van der Waals surface area (Å²) in [7, 11) is 0. The molecule has 7 nitrogen and oxygen atoms in total. The Hall–Kier alpha value is -2.61. The van der Waals surface area contributed by atoms with Crippen molar-refractivity contribution in [2.45, 2.75) is 78.3 Å². The van der Waals surface area contributed by atoms with Gasteiger partial charge >= 0.3 is 5.97 Å². The average molecular weight is 485 g/mol. The standard InChI is InChI=1S/C26H36N4O3S/c1-8-21(16(3)4)33-23(31)12-14-34-22-15-20(19-11-10-13-27-26(19)32-9-2)28-24-18(7)29-30(17(5)6)25(22)24/h10-11,13,15-17,21H,8-9,12,14H2,1-7H3. The molecule has 0 aliphatic carbocycles. The fourth-order valence-electron chi connectivity index (χ4n) is 3.87. The van der Waals surface area contributed by atoms with Crippen molar-refractivity contribution in [1.29, 1.82) is 0 Å². The number of carbonyl (C=O) groups excluding carboxylic acids is 1. The Bertz CT molecular complexity index is 1130. The molecule has 0 amide bonds. The largest absolute Gasteiger partial charge is 0.477 e. The van der Waals surface area contributed by atoms with Gasteiger partial charge in [0.25, 0.3) is 0 Å². The molecule has 0 fully saturated rings. The fourth-order valence-corrected chi connectivity index (χ4v) is 4.88. The minimum absolute atomic E-state index is 0.0377. The van der Waals surface area contributed by atoms with Gasteiger partial charge in [-0.05, 0) is 58.2 Å². The summed E-state index contributed by atoms with van der Waals surface area (Å²) in [5.74, 6) is 1.33. The van der Waals surface area contributed by atoms with Crippen molar-refractivity contribution in [3.8, 4) is 17.1 Å². The van der Waals surface area contributed by atoms with Crippen molar-refractivity contribution >= 4 is 28.8 Å². The van der Waals surface area contributed by atoms with Crippen molar-refractivity contribution in [3.05, 3.63) is 30.1 Å². The van der Waals surface area contributed by atoms with E-state index in [-0.39, 0.29) is 18.1 Å². The van der Waals surface area contributed by atoms with E-state index in [0.29, 0.717) is 30.6 Å². The number of pyridine rings is 2. The lowest BCUT2D eigenvalue weighted by molar-refractivity contribution is -0.150. The maximum absolute atomic E-state index is 12.5. The molecule has 3 aromatic rings. The van der Waals surface area contributed by atoms with E-state index in [1.54, 1.807) is 18.0 Å². The summed E-state index contributed by atoms with van der Waals surface area (Å²) in [5.41, 5.74) is 4.34. The second-order valence-corrected chi connectivity index (χ2v) is 10.0. The minimum atomic E-state index is -0.155. The smallest absolute Gasteiger partial charge is 0.306 e. The molecule has 0 bridgehead atoms. The van der Waals surface area contributed by atoms with Gasteiger partial charge in [0, 0.05) is 22.9 Å². The number of rotatable bonds is 11. The van der Waals surface area contributed by atoms with Crippen LogP contribution in [0.1, 0.15) is 66.1 Å². The third-order valence-electron chi connectivity index (χ3n) is 5.60. The molecule has 0 radical (unpaired) electrons. The van der Waals surface area contributed by atoms with Crippen LogP contribution in [-0.4, -0.2) is 44.2 Å². The van der Waals surface area contributed by atoms with E-state index in [0.717, 1.165) is 39.3 Å². The second-order valence-electron chi connectivity index (χ2n) is 8.89. The zero-order valence-corrected chi connectivity index (χ0v) is 22.1. The van der Waals surface area contributed by atoms with Crippen LogP contribution in [-0.2, 0) is 9.53 Å². The van der Waals surface area contributed by atoms with Crippen LogP contribution in [0.4, 0.5) is 0 Å². The number of nitrogens with zero attached hydrogens (tertiary/aromatic N) is 4. The Balaban J connectivity index is 1.95. The van der Waals surface area contributed by atoms with Gasteiger partial charge in [0.1, 0.15) is 17.1 Å². The number of hydrogen-bond acceptors (Lipinski definition) is 7. The summed E-state index contributed by atoms with van der Waals surface area (Å²) in [5, 5.41) is 4.76. The van der Waals surface area contributed by atoms with Crippen molar-refractivity contribution in [3.63, 3.8) is 0 Å². The van der Waals surface area contributed by atoms with E-state index < -0.39 is 0 Å². The van der Waals surface area contributed by atoms with Crippen molar-refractivity contribution in [1.82, 2.24) is 19.7 Å². The quantitative estimate of drug-likeness (QED) is 0.235. The average Bonchev–Trinajstić information content (AvgIpc) is 3.15. The van der Waals surface area contributed by atoms with Crippen LogP contribution in [0.5, 0.6) is 5.88 Å². The van der Waals surface area contributed by atoms with Gasteiger partial charge in [-0.2, -0.15) is 5.10 Å². The minimum Gasteiger partial charge on any atom is -0.477 e. The number of hydrogen-bond donors (Lipinski definition) is 0. The summed E-state index contributed by atoms with van der Waals surface area (Å²) < 4.78 is 13.5. The normalized spacial score (nSPS) is 12.5. The number of esters is 1. The third-order valence-corrected chi connectivity index (χ3v) is 6.63. The summed E-state index contributed by atoms with van der Waals surface area (Å²) in [6.45, 7) is 14.9. The number of fused-ring (bicyclic) bond motifs is 1. The SMILES string of the molecule is CCOc1ncccc1-c1cc(SCCC(=O)OC(CC)C(C)C)c2c(n1)c(C)nn2C(C)C. The van der Waals surface area contributed by atoms with Gasteiger partial charge in [-0.15, -0.1) is 11.8 Å². The summed E-state index contributed by atoms with van der Waals surface area (Å²) >= 11 is 1.63. The molecule has 0 aliphatic heterocycles. The van der Waals surface area contributed by atoms with Crippen molar-refractivity contribution < 1.29 is 14.3 Å². The van der Waals surface area contributed by atoms with E-state index in [1.165, 1.54) is 0 Å². The molecule has 34 heavy (non-hydrogen) atoms. The summed E-state index contributed by atoms with van der Waals surface area (Å²) in [6, 6.07) is 6.09. The number of ether oxygens (including phenoxy) is 2. The number of carbonyl (C=O) groups is 1. The van der Waals surface area contributed by atoms with Gasteiger partial charge in [-0.1, -0.05) is 20.8 Å². The van der Waals surface area contributed by atoms with Crippen LogP contribution in [0.15, 0.2) is 29.3 Å². The molecule has 1 atom stereocenters. The van der Waals surface area contributed by atoms with Gasteiger partial charge in [-0.3, -0.25) is 9.48 Å². The molecular formula is C26H36N4O3S. The molecule has 3 heterocycles. The molecular weight excluding hydrogens is 448 g/mol. The van der Waals surface area contributed by atoms with Gasteiger partial charge in [0.2, 0.25) is 5.88 Å². The van der Waals surface area contributed by atoms with E-state index in [4.69, 9.17) is 19.6 Å². The molecule has 0 saturated carbocycles. The molecule has 1 unspecified atom stereocenters. The molecule has 3 aromatic heterocycles. The number of aryl methyl sites for hydroxylation is 1. The van der Waals surface area contributed by atoms with Crippen LogP contribution in [0, 0.1) is 12.8 Å². The molecule has 0 N–H and O–H groups in total. The Morgan fingerprint density at radius 3 is 2.62 bits per heavy atom. The van der Waals surface area contributed by atoms with E-state index in [2.05, 4.69) is 38.7 Å². The first-order chi connectivity index (χ1) is 16.3. The Morgan fingerprint density at radius 1 is 1.21 bits per heavy atom. The van der Waals surface area contributed by atoms with Crippen molar-refractivity contribution in [2.75, 3.05) is 12.4 Å². The van der Waals surface area contributed by atoms with Gasteiger partial charge in [-0.25, -0.2) is 9.97 Å². The lowest BCUT2D eigenvalue weighted by Crippen LogP contribution is -2.23. The van der Waals surface area contributed by atoms with Gasteiger partial charge in [0.05, 0.1) is 30.0 Å². The first-order valence-electron chi connectivity index (χ1n) is 12.1. The maximum Gasteiger partial charge on any atom is 0.306 e. The first kappa shape index (κ1) is 26.0. The van der Waals surface area contributed by atoms with E-state index >= 15 is 0 Å². The summed E-state index contributed by atoms with van der Waals surface area (Å²) in [4.78, 5) is 22.8. The predicted molar refractivity (Wildman–Crippen MR) is 137 cm³/mol. The lowest BCUT2D eigenvalue weighted by atomic mass is 10.1. The van der Waals surface area contributed by atoms with Crippen LogP contribution in [0.2, 0.25) is 0 Å². The highest BCUT2D eigenvalue weighted by Gasteiger charge is 2.21. The van der Waals surface area contributed by atoms with E-state index in [1.807, 2.05) is 37.6 Å². The fraction of sp³-hybridized carbons (Fsp3) is 0.538. The Morgan fingerprint density at radius 2 is 1.97 bits per heavy atom. The first-order valence-corrected chi connectivity index (χ1v) is 13.1. The summed E-state index contributed by atoms with van der Waals surface area (Å²) in [6.07, 6.45) is 2.85. The molecule has 0 saturated heterocycles. The highest BCUT2D eigenvalue weighted by atomic mass is 32.2. The highest BCUT2D eigenvalue weighted by Crippen LogP contribution is 2.36. The molecule has 0 spiro atoms. The zero-order chi connectivity index (χ0) is 24.8. The van der Waals surface area contributed by atoms with E-state index in [9.17, 15) is 4.79 Å². The zero-order valence-electron chi connectivity index (χ0n) is 21.3. The van der Waals surface area contributed by atoms with Gasteiger partial charge in [0.15, 0.2) is 0 Å². The molecule has 184 valence electrons. The highest BCUT2D eigenvalue weighted by molar-refractivity contribution is 7.99. The molecule has 0 aliphatic rings. The van der Waals surface area contributed by atoms with Crippen LogP contribution < -0.4 is 4.74 Å². The number of aromatic nitrogens is 4. The van der Waals surface area contributed by atoms with Crippen molar-refractivity contribution in [2.24, 2.45) is 5.92 Å². The number of thioether (sulfide) groups is 1. The topological polar surface area (TPSA) is 79.1 Å². The lowest BCUT2D eigenvalue weighted by Gasteiger charge is -2.19. The second kappa shape index (κ2) is 11.7. The molecule has 8 heteroatoms. The van der Waals surface area contributed by atoms with Crippen LogP contribution in [0.3, 0.4) is 0 Å². The monoisotopic (exact) mass is 484 g/mol. The van der Waals surface area contributed by atoms with Crippen LogP contribution >= 0.6 is 11.8 Å². The maximum atomic E-state index is 12.5. The predicted octanol–water partition coefficient (Wildman–Crippen LogP) is 6.24. The Kier molecular flexibility index (Phi) is 8.94.